The van der Waals surface area contributed by atoms with Gasteiger partial charge in [0.15, 0.2) is 5.75 Å². The Kier molecular flexibility index (Phi) is 3.99. The number of methoxy groups -OCH3 is 1. The summed E-state index contributed by atoms with van der Waals surface area (Å²) in [7, 11) is 1.36. The molecule has 8 nitrogen and oxygen atoms in total. The molecule has 8 heteroatoms. The van der Waals surface area contributed by atoms with E-state index in [2.05, 4.69) is 0 Å². The zero-order valence-electron chi connectivity index (χ0n) is 11.6. The normalized spacial score (nSPS) is 24.6. The smallest absolute Gasteiger partial charge is 0.314 e. The molecule has 0 spiro atoms. The van der Waals surface area contributed by atoms with Gasteiger partial charge in [-0.3, -0.25) is 14.9 Å². The van der Waals surface area contributed by atoms with Crippen molar-refractivity contribution in [1.82, 2.24) is 0 Å². The van der Waals surface area contributed by atoms with E-state index in [0.29, 0.717) is 25.0 Å². The summed E-state index contributed by atoms with van der Waals surface area (Å²) in [4.78, 5) is 21.7. The Labute approximate surface area is 121 Å². The molecule has 1 aromatic rings. The molecule has 0 radical (unpaired) electrons. The largest absolute Gasteiger partial charge is 0.490 e. The minimum Gasteiger partial charge on any atom is -0.490 e. The highest BCUT2D eigenvalue weighted by molar-refractivity contribution is 5.84. The number of ether oxygens (including phenoxy) is 2. The van der Waals surface area contributed by atoms with Crippen LogP contribution in [0.25, 0.3) is 0 Å². The van der Waals surface area contributed by atoms with Gasteiger partial charge in [0.05, 0.1) is 23.6 Å². The third-order valence-corrected chi connectivity index (χ3v) is 3.64. The molecule has 1 amide bonds. The Morgan fingerprint density at radius 3 is 2.76 bits per heavy atom. The summed E-state index contributed by atoms with van der Waals surface area (Å²) in [6.45, 7) is 0. The number of hydrogen-bond acceptors (Lipinski definition) is 6. The van der Waals surface area contributed by atoms with Gasteiger partial charge in [-0.15, -0.1) is 0 Å². The summed E-state index contributed by atoms with van der Waals surface area (Å²) >= 11 is 0. The topological polar surface area (TPSA) is 131 Å². The van der Waals surface area contributed by atoms with Gasteiger partial charge in [0.2, 0.25) is 5.91 Å². The molecule has 1 aliphatic rings. The van der Waals surface area contributed by atoms with Gasteiger partial charge in [-0.25, -0.2) is 0 Å². The van der Waals surface area contributed by atoms with Gasteiger partial charge >= 0.3 is 5.69 Å². The van der Waals surface area contributed by atoms with Crippen molar-refractivity contribution >= 4 is 11.6 Å². The molecule has 114 valence electrons. The van der Waals surface area contributed by atoms with E-state index in [0.717, 1.165) is 0 Å². The van der Waals surface area contributed by atoms with Gasteiger partial charge in [0.25, 0.3) is 0 Å². The van der Waals surface area contributed by atoms with Crippen molar-refractivity contribution < 1.29 is 19.2 Å². The van der Waals surface area contributed by atoms with Crippen LogP contribution in [0.5, 0.6) is 11.5 Å². The van der Waals surface area contributed by atoms with Crippen LogP contribution in [0, 0.1) is 10.1 Å². The molecule has 21 heavy (non-hydrogen) atoms. The van der Waals surface area contributed by atoms with Crippen molar-refractivity contribution in [3.8, 4) is 11.5 Å². The number of nitrogens with two attached hydrogens (primary N) is 2. The van der Waals surface area contributed by atoms with E-state index in [1.165, 1.54) is 19.2 Å². The fraction of sp³-hybridized carbons (Fsp3) is 0.462. The zero-order valence-corrected chi connectivity index (χ0v) is 11.6. The van der Waals surface area contributed by atoms with Crippen LogP contribution in [-0.4, -0.2) is 29.6 Å². The monoisotopic (exact) mass is 295 g/mol. The van der Waals surface area contributed by atoms with Crippen LogP contribution in [0.1, 0.15) is 19.3 Å². The molecule has 1 aromatic carbocycles. The first-order chi connectivity index (χ1) is 9.85. The molecule has 1 fully saturated rings. The van der Waals surface area contributed by atoms with Crippen LogP contribution in [-0.2, 0) is 4.79 Å². The first kappa shape index (κ1) is 15.0. The van der Waals surface area contributed by atoms with Crippen LogP contribution in [0.2, 0.25) is 0 Å². The molecule has 0 bridgehead atoms. The number of primary amides is 1. The van der Waals surface area contributed by atoms with Crippen LogP contribution in [0.4, 0.5) is 5.69 Å². The van der Waals surface area contributed by atoms with Gasteiger partial charge in [-0.05, 0) is 25.0 Å². The number of benzene rings is 1. The van der Waals surface area contributed by atoms with E-state index < -0.39 is 16.4 Å². The standard InChI is InChI=1S/C13H17N3O5/c1-20-11-3-2-8(6-10(11)16(18)19)21-9-4-5-13(15,7-9)12(14)17/h2-3,6,9H,4-5,7,15H2,1H3,(H2,14,17). The number of nitrogens with zero attached hydrogens (tertiary/aromatic N) is 1. The number of amides is 1. The summed E-state index contributed by atoms with van der Waals surface area (Å²) in [5.74, 6) is -0.0698. The highest BCUT2D eigenvalue weighted by Gasteiger charge is 2.41. The van der Waals surface area contributed by atoms with Crippen molar-refractivity contribution in [2.75, 3.05) is 7.11 Å². The van der Waals surface area contributed by atoms with Crippen LogP contribution in [0.3, 0.4) is 0 Å². The lowest BCUT2D eigenvalue weighted by Gasteiger charge is -2.20. The van der Waals surface area contributed by atoms with Gasteiger partial charge in [0, 0.05) is 6.42 Å². The summed E-state index contributed by atoms with van der Waals surface area (Å²) in [5, 5.41) is 11.0. The van der Waals surface area contributed by atoms with E-state index in [1.807, 2.05) is 0 Å². The van der Waals surface area contributed by atoms with Gasteiger partial charge in [0.1, 0.15) is 11.9 Å². The van der Waals surface area contributed by atoms with E-state index in [9.17, 15) is 14.9 Å². The van der Waals surface area contributed by atoms with E-state index in [1.54, 1.807) is 6.07 Å². The molecule has 2 atom stereocenters. The van der Waals surface area contributed by atoms with Gasteiger partial charge in [-0.1, -0.05) is 0 Å². The minimum absolute atomic E-state index is 0.157. The van der Waals surface area contributed by atoms with Crippen molar-refractivity contribution in [3.05, 3.63) is 28.3 Å². The molecule has 0 heterocycles. The lowest BCUT2D eigenvalue weighted by Crippen LogP contribution is -2.50. The van der Waals surface area contributed by atoms with Crippen molar-refractivity contribution in [2.24, 2.45) is 11.5 Å². The quantitative estimate of drug-likeness (QED) is 0.607. The van der Waals surface area contributed by atoms with E-state index >= 15 is 0 Å². The molecule has 0 aliphatic heterocycles. The van der Waals surface area contributed by atoms with Gasteiger partial charge < -0.3 is 20.9 Å². The second-order valence-corrected chi connectivity index (χ2v) is 5.09. The molecule has 0 saturated heterocycles. The lowest BCUT2D eigenvalue weighted by molar-refractivity contribution is -0.385. The first-order valence-electron chi connectivity index (χ1n) is 6.43. The highest BCUT2D eigenvalue weighted by atomic mass is 16.6. The predicted octanol–water partition coefficient (Wildman–Crippen LogP) is 0.718. The summed E-state index contributed by atoms with van der Waals surface area (Å²) in [5.41, 5.74) is 9.91. The molecule has 1 aliphatic carbocycles. The van der Waals surface area contributed by atoms with Crippen LogP contribution in [0.15, 0.2) is 18.2 Å². The minimum atomic E-state index is -1.07. The number of nitro benzene ring substituents is 1. The SMILES string of the molecule is COc1ccc(OC2CCC(N)(C(N)=O)C2)cc1[N+](=O)[O-]. The zero-order chi connectivity index (χ0) is 15.6. The second-order valence-electron chi connectivity index (χ2n) is 5.09. The third-order valence-electron chi connectivity index (χ3n) is 3.64. The Balaban J connectivity index is 2.13. The van der Waals surface area contributed by atoms with Crippen molar-refractivity contribution in [3.63, 3.8) is 0 Å². The number of nitro groups is 1. The van der Waals surface area contributed by atoms with Crippen LogP contribution >= 0.6 is 0 Å². The second kappa shape index (κ2) is 5.57. The Bertz CT molecular complexity index is 577. The maximum absolute atomic E-state index is 11.3. The fourth-order valence-electron chi connectivity index (χ4n) is 2.43. The van der Waals surface area contributed by atoms with Gasteiger partial charge in [-0.2, -0.15) is 0 Å². The Morgan fingerprint density at radius 1 is 1.52 bits per heavy atom. The Morgan fingerprint density at radius 2 is 2.24 bits per heavy atom. The van der Waals surface area contributed by atoms with E-state index in [4.69, 9.17) is 20.9 Å². The lowest BCUT2D eigenvalue weighted by atomic mass is 9.99. The van der Waals surface area contributed by atoms with E-state index in [-0.39, 0.29) is 17.5 Å². The average molecular weight is 295 g/mol. The molecular formula is C13H17N3O5. The maximum Gasteiger partial charge on any atom is 0.314 e. The third kappa shape index (κ3) is 3.05. The number of hydrogen-bond donors (Lipinski definition) is 2. The summed E-state index contributed by atoms with van der Waals surface area (Å²) in [6.07, 6.45) is 1.00. The molecule has 2 rings (SSSR count). The Hall–Kier alpha value is -2.35. The first-order valence-corrected chi connectivity index (χ1v) is 6.43. The molecule has 2 unspecified atom stereocenters. The average Bonchev–Trinajstić information content (AvgIpc) is 2.81. The van der Waals surface area contributed by atoms with Crippen LogP contribution < -0.4 is 20.9 Å². The molecule has 4 N–H and O–H groups in total. The van der Waals surface area contributed by atoms with Crippen molar-refractivity contribution in [2.45, 2.75) is 30.9 Å². The fourth-order valence-corrected chi connectivity index (χ4v) is 2.43. The number of carbonyl (C=O) groups excluding carboxylic acids is 1. The molecule has 0 aromatic heterocycles. The van der Waals surface area contributed by atoms with Crippen molar-refractivity contribution in [1.29, 1.82) is 0 Å². The molecule has 1 saturated carbocycles. The highest BCUT2D eigenvalue weighted by Crippen LogP contribution is 2.34. The summed E-state index contributed by atoms with van der Waals surface area (Å²) in [6, 6.07) is 4.33. The number of carbonyl (C=O) groups is 1. The maximum atomic E-state index is 11.3. The summed E-state index contributed by atoms with van der Waals surface area (Å²) < 4.78 is 10.6. The number of rotatable bonds is 5. The molecular weight excluding hydrogens is 278 g/mol. The predicted molar refractivity (Wildman–Crippen MR) is 74.0 cm³/mol.